The Morgan fingerprint density at radius 3 is 2.43 bits per heavy atom. The lowest BCUT2D eigenvalue weighted by atomic mass is 9.99. The van der Waals surface area contributed by atoms with Gasteiger partial charge in [-0.3, -0.25) is 0 Å². The summed E-state index contributed by atoms with van der Waals surface area (Å²) in [6.45, 7) is 1.97. The SMILES string of the molecule is COC(=O)/C(=C(\C)OC)c1ccccc1COc1cc(-c2ccc(Cl)cc2)nn1C. The summed E-state index contributed by atoms with van der Waals surface area (Å²) in [5.41, 5.74) is 3.61. The topological polar surface area (TPSA) is 62.6 Å². The number of halogens is 1. The Balaban J connectivity index is 1.87. The number of ether oxygens (including phenoxy) is 3. The number of nitrogens with zero attached hydrogens (tertiary/aromatic N) is 2. The van der Waals surface area contributed by atoms with Crippen molar-refractivity contribution in [3.8, 4) is 17.1 Å². The Morgan fingerprint density at radius 1 is 1.07 bits per heavy atom. The smallest absolute Gasteiger partial charge is 0.341 e. The lowest BCUT2D eigenvalue weighted by molar-refractivity contribution is -0.133. The van der Waals surface area contributed by atoms with Gasteiger partial charge in [0.25, 0.3) is 0 Å². The van der Waals surface area contributed by atoms with E-state index < -0.39 is 5.97 Å². The number of benzene rings is 2. The van der Waals surface area contributed by atoms with Gasteiger partial charge in [0.05, 0.1) is 19.9 Å². The van der Waals surface area contributed by atoms with E-state index in [4.69, 9.17) is 25.8 Å². The molecule has 0 spiro atoms. The molecule has 0 saturated carbocycles. The van der Waals surface area contributed by atoms with E-state index in [1.54, 1.807) is 11.6 Å². The summed E-state index contributed by atoms with van der Waals surface area (Å²) >= 11 is 5.96. The van der Waals surface area contributed by atoms with E-state index in [1.165, 1.54) is 14.2 Å². The van der Waals surface area contributed by atoms with Gasteiger partial charge in [0.1, 0.15) is 17.9 Å². The number of aryl methyl sites for hydroxylation is 1. The van der Waals surface area contributed by atoms with Crippen LogP contribution in [0.25, 0.3) is 16.8 Å². The number of carbonyl (C=O) groups excluding carboxylic acids is 1. The van der Waals surface area contributed by atoms with Gasteiger partial charge in [0.2, 0.25) is 5.88 Å². The highest BCUT2D eigenvalue weighted by molar-refractivity contribution is 6.30. The highest BCUT2D eigenvalue weighted by atomic mass is 35.5. The molecule has 156 valence electrons. The van der Waals surface area contributed by atoms with E-state index in [1.807, 2.05) is 61.6 Å². The van der Waals surface area contributed by atoms with Crippen molar-refractivity contribution < 1.29 is 19.0 Å². The van der Waals surface area contributed by atoms with Crippen molar-refractivity contribution in [1.82, 2.24) is 9.78 Å². The number of aromatic nitrogens is 2. The lowest BCUT2D eigenvalue weighted by Gasteiger charge is -2.14. The van der Waals surface area contributed by atoms with Crippen molar-refractivity contribution in [3.63, 3.8) is 0 Å². The molecule has 1 aromatic heterocycles. The second kappa shape index (κ2) is 9.50. The van der Waals surface area contributed by atoms with Crippen LogP contribution < -0.4 is 4.74 Å². The lowest BCUT2D eigenvalue weighted by Crippen LogP contribution is -2.10. The minimum Gasteiger partial charge on any atom is -0.500 e. The Morgan fingerprint density at radius 2 is 1.77 bits per heavy atom. The average molecular weight is 427 g/mol. The number of hydrogen-bond acceptors (Lipinski definition) is 5. The van der Waals surface area contributed by atoms with Gasteiger partial charge in [0.15, 0.2) is 0 Å². The number of carbonyl (C=O) groups is 1. The molecular formula is C23H23ClN2O4. The summed E-state index contributed by atoms with van der Waals surface area (Å²) in [7, 11) is 4.68. The molecule has 30 heavy (non-hydrogen) atoms. The zero-order valence-corrected chi connectivity index (χ0v) is 18.1. The molecule has 1 heterocycles. The van der Waals surface area contributed by atoms with Crippen LogP contribution in [0.2, 0.25) is 5.02 Å². The van der Waals surface area contributed by atoms with E-state index in [9.17, 15) is 4.79 Å². The monoisotopic (exact) mass is 426 g/mol. The zero-order chi connectivity index (χ0) is 21.7. The number of allylic oxidation sites excluding steroid dienone is 1. The first-order chi connectivity index (χ1) is 14.4. The molecule has 0 saturated heterocycles. The van der Waals surface area contributed by atoms with E-state index in [0.717, 1.165) is 16.8 Å². The predicted octanol–water partition coefficient (Wildman–Crippen LogP) is 4.87. The van der Waals surface area contributed by atoms with Gasteiger partial charge in [-0.15, -0.1) is 0 Å². The third-order valence-electron chi connectivity index (χ3n) is 4.69. The molecule has 0 aliphatic rings. The maximum atomic E-state index is 12.4. The summed E-state index contributed by atoms with van der Waals surface area (Å²) < 4.78 is 17.9. The Kier molecular flexibility index (Phi) is 6.79. The maximum absolute atomic E-state index is 12.4. The average Bonchev–Trinajstić information content (AvgIpc) is 3.13. The van der Waals surface area contributed by atoms with Crippen LogP contribution in [0.1, 0.15) is 18.1 Å². The first-order valence-electron chi connectivity index (χ1n) is 9.28. The van der Waals surface area contributed by atoms with Gasteiger partial charge in [-0.05, 0) is 30.2 Å². The van der Waals surface area contributed by atoms with Crippen LogP contribution in [0.5, 0.6) is 5.88 Å². The fourth-order valence-electron chi connectivity index (χ4n) is 3.04. The Hall–Kier alpha value is -3.25. The van der Waals surface area contributed by atoms with Crippen LogP contribution in [-0.2, 0) is 27.9 Å². The Labute approximate surface area is 180 Å². The molecule has 6 nitrogen and oxygen atoms in total. The summed E-state index contributed by atoms with van der Waals surface area (Å²) in [6, 6.07) is 16.8. The minimum absolute atomic E-state index is 0.243. The maximum Gasteiger partial charge on any atom is 0.341 e. The molecule has 0 unspecified atom stereocenters. The van der Waals surface area contributed by atoms with Crippen molar-refractivity contribution in [3.05, 3.63) is 76.5 Å². The molecule has 0 fully saturated rings. The van der Waals surface area contributed by atoms with Crippen LogP contribution in [0.3, 0.4) is 0 Å². The van der Waals surface area contributed by atoms with E-state index in [-0.39, 0.29) is 6.61 Å². The standard InChI is InChI=1S/C23H23ClN2O4/c1-15(28-3)22(23(27)29-4)19-8-6-5-7-17(19)14-30-21-13-20(25-26(21)2)16-9-11-18(24)12-10-16/h5-13H,14H2,1-4H3/b22-15+. The first-order valence-corrected chi connectivity index (χ1v) is 9.66. The molecule has 3 aromatic rings. The van der Waals surface area contributed by atoms with Crippen LogP contribution in [-0.4, -0.2) is 30.0 Å². The fraction of sp³-hybridized carbons (Fsp3) is 0.217. The van der Waals surface area contributed by atoms with Crippen molar-refractivity contribution >= 4 is 23.1 Å². The first kappa shape index (κ1) is 21.5. The number of methoxy groups -OCH3 is 2. The fourth-order valence-corrected chi connectivity index (χ4v) is 3.16. The van der Waals surface area contributed by atoms with E-state index >= 15 is 0 Å². The number of hydrogen-bond donors (Lipinski definition) is 0. The molecule has 3 rings (SSSR count). The molecule has 0 aliphatic carbocycles. The largest absolute Gasteiger partial charge is 0.500 e. The van der Waals surface area contributed by atoms with Gasteiger partial charge < -0.3 is 14.2 Å². The summed E-state index contributed by atoms with van der Waals surface area (Å²) in [4.78, 5) is 12.4. The van der Waals surface area contributed by atoms with Crippen molar-refractivity contribution in [2.75, 3.05) is 14.2 Å². The highest BCUT2D eigenvalue weighted by Crippen LogP contribution is 2.27. The van der Waals surface area contributed by atoms with Crippen molar-refractivity contribution in [2.24, 2.45) is 7.05 Å². The van der Waals surface area contributed by atoms with Crippen molar-refractivity contribution in [2.45, 2.75) is 13.5 Å². The van der Waals surface area contributed by atoms with E-state index in [2.05, 4.69) is 5.10 Å². The molecule has 0 atom stereocenters. The molecule has 0 aliphatic heterocycles. The molecule has 0 bridgehead atoms. The normalized spacial score (nSPS) is 11.6. The highest BCUT2D eigenvalue weighted by Gasteiger charge is 2.20. The minimum atomic E-state index is -0.465. The second-order valence-electron chi connectivity index (χ2n) is 6.57. The summed E-state index contributed by atoms with van der Waals surface area (Å²) in [5.74, 6) is 0.606. The predicted molar refractivity (Wildman–Crippen MR) is 116 cm³/mol. The summed E-state index contributed by atoms with van der Waals surface area (Å²) in [5, 5.41) is 5.18. The van der Waals surface area contributed by atoms with Crippen LogP contribution in [0.4, 0.5) is 0 Å². The molecule has 2 aromatic carbocycles. The third-order valence-corrected chi connectivity index (χ3v) is 4.94. The van der Waals surface area contributed by atoms with Gasteiger partial charge in [-0.1, -0.05) is 48.0 Å². The second-order valence-corrected chi connectivity index (χ2v) is 7.01. The van der Waals surface area contributed by atoms with Crippen LogP contribution in [0.15, 0.2) is 60.4 Å². The molecule has 7 heteroatoms. The van der Waals surface area contributed by atoms with Crippen LogP contribution in [0, 0.1) is 0 Å². The summed E-state index contributed by atoms with van der Waals surface area (Å²) in [6.07, 6.45) is 0. The Bertz CT molecular complexity index is 1070. The van der Waals surface area contributed by atoms with E-state index in [0.29, 0.717) is 27.8 Å². The van der Waals surface area contributed by atoms with Gasteiger partial charge in [-0.25, -0.2) is 9.48 Å². The molecule has 0 N–H and O–H groups in total. The van der Waals surface area contributed by atoms with Crippen molar-refractivity contribution in [1.29, 1.82) is 0 Å². The van der Waals surface area contributed by atoms with Gasteiger partial charge >= 0.3 is 5.97 Å². The molecular weight excluding hydrogens is 404 g/mol. The molecule has 0 amide bonds. The zero-order valence-electron chi connectivity index (χ0n) is 17.3. The number of rotatable bonds is 7. The third kappa shape index (κ3) is 4.66. The molecule has 0 radical (unpaired) electrons. The van der Waals surface area contributed by atoms with Gasteiger partial charge in [-0.2, -0.15) is 5.10 Å². The number of esters is 1. The van der Waals surface area contributed by atoms with Crippen LogP contribution >= 0.6 is 11.6 Å². The quantitative estimate of drug-likeness (QED) is 0.306. The van der Waals surface area contributed by atoms with Gasteiger partial charge in [0, 0.05) is 23.7 Å².